The fourth-order valence-electron chi connectivity index (χ4n) is 4.49. The molecule has 4 rings (SSSR count). The maximum absolute atomic E-state index is 13.5. The number of hydrogen-bond acceptors (Lipinski definition) is 8. The van der Waals surface area contributed by atoms with Crippen LogP contribution in [-0.2, 0) is 14.8 Å². The highest BCUT2D eigenvalue weighted by Crippen LogP contribution is 2.37. The number of ether oxygens (including phenoxy) is 1. The second kappa shape index (κ2) is 10.4. The molecule has 11 nitrogen and oxygen atoms in total. The van der Waals surface area contributed by atoms with E-state index < -0.39 is 22.2 Å². The van der Waals surface area contributed by atoms with Crippen LogP contribution in [0.25, 0.3) is 0 Å². The van der Waals surface area contributed by atoms with E-state index in [-0.39, 0.29) is 71.0 Å². The first kappa shape index (κ1) is 27.1. The number of carbonyl (C=O) groups excluding carboxylic acids is 2. The summed E-state index contributed by atoms with van der Waals surface area (Å²) in [5.41, 5.74) is 0.858. The van der Waals surface area contributed by atoms with Crippen molar-refractivity contribution in [3.8, 4) is 5.75 Å². The molecule has 1 saturated carbocycles. The first-order chi connectivity index (χ1) is 17.4. The maximum Gasteiger partial charge on any atom is 0.258 e. The third kappa shape index (κ3) is 5.36. The molecule has 2 aliphatic rings. The fourth-order valence-corrected chi connectivity index (χ4v) is 5.96. The summed E-state index contributed by atoms with van der Waals surface area (Å²) in [6, 6.07) is 4.46. The normalized spacial score (nSPS) is 21.2. The lowest BCUT2D eigenvalue weighted by Gasteiger charge is -2.38. The number of anilines is 1. The van der Waals surface area contributed by atoms with Crippen molar-refractivity contribution in [2.45, 2.75) is 57.6 Å². The van der Waals surface area contributed by atoms with Crippen LogP contribution in [0.1, 0.15) is 48.5 Å². The zero-order chi connectivity index (χ0) is 27.1. The van der Waals surface area contributed by atoms with Gasteiger partial charge in [-0.25, -0.2) is 8.42 Å². The van der Waals surface area contributed by atoms with E-state index in [2.05, 4.69) is 10.5 Å². The summed E-state index contributed by atoms with van der Waals surface area (Å²) in [6.45, 7) is 6.68. The highest BCUT2D eigenvalue weighted by molar-refractivity contribution is 7.89. The summed E-state index contributed by atoms with van der Waals surface area (Å²) in [5.74, 6) is -0.472. The number of benzene rings is 1. The fraction of sp³-hybridized carbons (Fsp3) is 0.560. The average Bonchev–Trinajstić information content (AvgIpc) is 3.65. The molecule has 2 amide bonds. The van der Waals surface area contributed by atoms with Crippen molar-refractivity contribution in [1.29, 1.82) is 0 Å². The summed E-state index contributed by atoms with van der Waals surface area (Å²) < 4.78 is 39.4. The molecule has 1 fully saturated rings. The van der Waals surface area contributed by atoms with Crippen LogP contribution in [0.15, 0.2) is 27.6 Å². The van der Waals surface area contributed by atoms with Crippen molar-refractivity contribution < 1.29 is 32.4 Å². The van der Waals surface area contributed by atoms with Crippen molar-refractivity contribution in [3.63, 3.8) is 0 Å². The molecule has 0 saturated heterocycles. The number of aryl methyl sites for hydroxylation is 2. The number of nitrogens with zero attached hydrogens (tertiary/aromatic N) is 3. The molecule has 2 N–H and O–H groups in total. The molecular weight excluding hydrogens is 500 g/mol. The lowest BCUT2D eigenvalue weighted by Crippen LogP contribution is -2.50. The highest BCUT2D eigenvalue weighted by atomic mass is 32.2. The van der Waals surface area contributed by atoms with E-state index in [1.807, 2.05) is 6.92 Å². The Morgan fingerprint density at radius 2 is 2.03 bits per heavy atom. The number of likely N-dealkylation sites (N-methyl/N-ethyl adjacent to an activating group) is 1. The highest BCUT2D eigenvalue weighted by Gasteiger charge is 2.38. The van der Waals surface area contributed by atoms with E-state index in [9.17, 15) is 23.1 Å². The molecule has 202 valence electrons. The number of sulfonamides is 1. The van der Waals surface area contributed by atoms with E-state index in [1.165, 1.54) is 11.4 Å². The molecule has 2 heterocycles. The van der Waals surface area contributed by atoms with Crippen LogP contribution < -0.4 is 10.1 Å². The van der Waals surface area contributed by atoms with Crippen LogP contribution in [-0.4, -0.2) is 78.6 Å². The number of para-hydroxylation sites is 1. The van der Waals surface area contributed by atoms with Crippen LogP contribution in [0.5, 0.6) is 5.75 Å². The number of hydrogen-bond donors (Lipinski definition) is 2. The summed E-state index contributed by atoms with van der Waals surface area (Å²) >= 11 is 0. The molecule has 0 unspecified atom stereocenters. The number of aliphatic hydroxyl groups is 1. The van der Waals surface area contributed by atoms with Gasteiger partial charge < -0.3 is 24.6 Å². The molecular formula is C25H34N4O7S. The van der Waals surface area contributed by atoms with Gasteiger partial charge in [-0.3, -0.25) is 9.59 Å². The second-order valence-electron chi connectivity index (χ2n) is 10.0. The summed E-state index contributed by atoms with van der Waals surface area (Å²) in [5, 5.41) is 16.5. The Morgan fingerprint density at radius 1 is 1.32 bits per heavy atom. The Hall–Kier alpha value is -2.96. The topological polar surface area (TPSA) is 142 Å². The minimum atomic E-state index is -3.95. The van der Waals surface area contributed by atoms with Crippen molar-refractivity contribution in [2.75, 3.05) is 32.1 Å². The summed E-state index contributed by atoms with van der Waals surface area (Å²) in [4.78, 5) is 27.7. The molecule has 0 bridgehead atoms. The van der Waals surface area contributed by atoms with Gasteiger partial charge in [-0.2, -0.15) is 4.31 Å². The minimum Gasteiger partial charge on any atom is -0.486 e. The summed E-state index contributed by atoms with van der Waals surface area (Å²) in [7, 11) is -2.49. The Labute approximate surface area is 216 Å². The van der Waals surface area contributed by atoms with Gasteiger partial charge in [-0.05, 0) is 45.7 Å². The molecule has 3 atom stereocenters. The molecule has 1 aliphatic carbocycles. The van der Waals surface area contributed by atoms with E-state index in [0.717, 1.165) is 12.8 Å². The third-order valence-electron chi connectivity index (χ3n) is 6.97. The molecule has 0 spiro atoms. The van der Waals surface area contributed by atoms with E-state index in [0.29, 0.717) is 5.69 Å². The zero-order valence-electron chi connectivity index (χ0n) is 21.7. The number of nitrogens with one attached hydrogen (secondary N) is 1. The molecule has 2 aromatic rings. The zero-order valence-corrected chi connectivity index (χ0v) is 22.5. The largest absolute Gasteiger partial charge is 0.486 e. The van der Waals surface area contributed by atoms with Gasteiger partial charge in [-0.15, -0.1) is 0 Å². The Bertz CT molecular complexity index is 1270. The van der Waals surface area contributed by atoms with Gasteiger partial charge in [0.25, 0.3) is 5.91 Å². The molecule has 0 radical (unpaired) electrons. The minimum absolute atomic E-state index is 0.0111. The number of aromatic nitrogens is 1. The molecule has 12 heteroatoms. The Morgan fingerprint density at radius 3 is 2.62 bits per heavy atom. The average molecular weight is 535 g/mol. The van der Waals surface area contributed by atoms with Crippen molar-refractivity contribution >= 4 is 27.5 Å². The third-order valence-corrected chi connectivity index (χ3v) is 9.04. The van der Waals surface area contributed by atoms with E-state index >= 15 is 0 Å². The number of aliphatic hydroxyl groups excluding tert-OH is 1. The van der Waals surface area contributed by atoms with Gasteiger partial charge in [0.05, 0.1) is 30.4 Å². The van der Waals surface area contributed by atoms with Crippen molar-refractivity contribution in [2.24, 2.45) is 11.8 Å². The van der Waals surface area contributed by atoms with Crippen LogP contribution >= 0.6 is 0 Å². The van der Waals surface area contributed by atoms with Gasteiger partial charge in [-0.1, -0.05) is 18.1 Å². The first-order valence-electron chi connectivity index (χ1n) is 12.4. The molecule has 37 heavy (non-hydrogen) atoms. The smallest absolute Gasteiger partial charge is 0.258 e. The van der Waals surface area contributed by atoms with E-state index in [4.69, 9.17) is 9.26 Å². The van der Waals surface area contributed by atoms with E-state index in [1.54, 1.807) is 43.9 Å². The summed E-state index contributed by atoms with van der Waals surface area (Å²) in [6.07, 6.45) is 0.943. The second-order valence-corrected chi connectivity index (χ2v) is 12.0. The van der Waals surface area contributed by atoms with Gasteiger partial charge in [0.1, 0.15) is 16.7 Å². The van der Waals surface area contributed by atoms with Crippen LogP contribution in [0.3, 0.4) is 0 Å². The quantitative estimate of drug-likeness (QED) is 0.525. The number of fused-ring (bicyclic) bond motifs is 1. The van der Waals surface area contributed by atoms with Crippen molar-refractivity contribution in [3.05, 3.63) is 35.2 Å². The number of carbonyl (C=O) groups is 2. The SMILES string of the molecule is Cc1noc(C)c1S(=O)(=O)N(C)C[C@@H]1Oc2c(NC(=O)C3CC3)cccc2C(=O)N([C@H](C)CO)C[C@@H]1C. The molecule has 1 aromatic heterocycles. The number of amides is 2. The Balaban J connectivity index is 1.72. The van der Waals surface area contributed by atoms with Gasteiger partial charge >= 0.3 is 0 Å². The predicted octanol–water partition coefficient (Wildman–Crippen LogP) is 2.18. The van der Waals surface area contributed by atoms with Crippen LogP contribution in [0.4, 0.5) is 5.69 Å². The number of rotatable bonds is 8. The van der Waals surface area contributed by atoms with Crippen LogP contribution in [0.2, 0.25) is 0 Å². The standard InChI is InChI=1S/C25H34N4O7S/c1-14-11-29(15(2)13-30)25(32)19-7-6-8-20(26-24(31)18-9-10-18)22(19)35-21(14)12-28(5)37(33,34)23-16(3)27-36-17(23)4/h6-8,14-15,18,21,30H,9-13H2,1-5H3,(H,26,31)/t14-,15+,21-/m0/s1. The van der Waals surface area contributed by atoms with Crippen LogP contribution in [0, 0.1) is 25.7 Å². The van der Waals surface area contributed by atoms with Gasteiger partial charge in [0, 0.05) is 25.4 Å². The lowest BCUT2D eigenvalue weighted by atomic mass is 9.99. The van der Waals surface area contributed by atoms with Crippen molar-refractivity contribution in [1.82, 2.24) is 14.4 Å². The maximum atomic E-state index is 13.5. The predicted molar refractivity (Wildman–Crippen MR) is 135 cm³/mol. The monoisotopic (exact) mass is 534 g/mol. The van der Waals surface area contributed by atoms with Gasteiger partial charge in [0.2, 0.25) is 15.9 Å². The molecule has 1 aliphatic heterocycles. The lowest BCUT2D eigenvalue weighted by molar-refractivity contribution is -0.117. The Kier molecular flexibility index (Phi) is 7.63. The first-order valence-corrected chi connectivity index (χ1v) is 13.8. The molecule has 1 aromatic carbocycles. The van der Waals surface area contributed by atoms with Gasteiger partial charge in [0.15, 0.2) is 11.5 Å².